The molecule has 9 heteroatoms. The van der Waals surface area contributed by atoms with Gasteiger partial charge in [-0.1, -0.05) is 12.1 Å². The Balaban J connectivity index is 0.000000227. The zero-order chi connectivity index (χ0) is 28.9. The molecule has 0 atom stereocenters. The molecule has 2 aromatic carbocycles. The SMILES string of the molecule is Cc1cc(C(=O)NCc2ccccn2)cc(C)c1O.Cc1cc(C(=O)O)cc(C)c1O.NCc1ccccn1. The number of carboxylic acids is 1. The van der Waals surface area contributed by atoms with Crippen LogP contribution in [0.3, 0.4) is 0 Å². The molecule has 0 saturated heterocycles. The summed E-state index contributed by atoms with van der Waals surface area (Å²) in [5.74, 6) is -0.737. The Morgan fingerprint density at radius 2 is 1.18 bits per heavy atom. The zero-order valence-corrected chi connectivity index (χ0v) is 22.5. The van der Waals surface area contributed by atoms with Gasteiger partial charge in [-0.05, 0) is 98.5 Å². The number of aryl methyl sites for hydroxylation is 4. The molecule has 4 rings (SSSR count). The number of hydrogen-bond donors (Lipinski definition) is 5. The van der Waals surface area contributed by atoms with Gasteiger partial charge in [0.05, 0.1) is 23.5 Å². The Bertz CT molecular complexity index is 1350. The van der Waals surface area contributed by atoms with Crippen LogP contribution in [0.2, 0.25) is 0 Å². The number of phenols is 2. The van der Waals surface area contributed by atoms with E-state index in [-0.39, 0.29) is 23.0 Å². The fourth-order valence-electron chi connectivity index (χ4n) is 3.46. The summed E-state index contributed by atoms with van der Waals surface area (Å²) in [6.45, 7) is 7.82. The van der Waals surface area contributed by atoms with Gasteiger partial charge in [0.25, 0.3) is 5.91 Å². The number of aromatic hydroxyl groups is 2. The number of aromatic carboxylic acids is 1. The van der Waals surface area contributed by atoms with Crippen molar-refractivity contribution in [2.75, 3.05) is 0 Å². The quantitative estimate of drug-likeness (QED) is 0.251. The molecule has 1 amide bonds. The average Bonchev–Trinajstić information content (AvgIpc) is 2.94. The second-order valence-electron chi connectivity index (χ2n) is 8.75. The van der Waals surface area contributed by atoms with Crippen molar-refractivity contribution in [2.45, 2.75) is 40.8 Å². The normalized spacial score (nSPS) is 9.87. The summed E-state index contributed by atoms with van der Waals surface area (Å²) >= 11 is 0. The van der Waals surface area contributed by atoms with Gasteiger partial charge in [0.15, 0.2) is 0 Å². The fraction of sp³-hybridized carbons (Fsp3) is 0.200. The first-order valence-corrected chi connectivity index (χ1v) is 12.1. The Morgan fingerprint density at radius 1 is 0.744 bits per heavy atom. The molecule has 0 unspecified atom stereocenters. The Labute approximate surface area is 228 Å². The van der Waals surface area contributed by atoms with E-state index in [0.717, 1.165) is 11.4 Å². The molecule has 2 heterocycles. The monoisotopic (exact) mass is 530 g/mol. The largest absolute Gasteiger partial charge is 0.507 e. The number of nitrogens with two attached hydrogens (primary N) is 1. The Morgan fingerprint density at radius 3 is 1.54 bits per heavy atom. The number of amides is 1. The van der Waals surface area contributed by atoms with E-state index in [1.807, 2.05) is 36.4 Å². The van der Waals surface area contributed by atoms with Gasteiger partial charge in [0, 0.05) is 24.5 Å². The van der Waals surface area contributed by atoms with Gasteiger partial charge in [-0.25, -0.2) is 4.79 Å². The van der Waals surface area contributed by atoms with Crippen LogP contribution >= 0.6 is 0 Å². The lowest BCUT2D eigenvalue weighted by molar-refractivity contribution is 0.0696. The third-order valence-electron chi connectivity index (χ3n) is 5.58. The molecule has 6 N–H and O–H groups in total. The van der Waals surface area contributed by atoms with Gasteiger partial charge in [-0.2, -0.15) is 0 Å². The van der Waals surface area contributed by atoms with Crippen molar-refractivity contribution in [3.8, 4) is 11.5 Å². The van der Waals surface area contributed by atoms with Crippen LogP contribution in [0.5, 0.6) is 11.5 Å². The van der Waals surface area contributed by atoms with Crippen LogP contribution in [-0.4, -0.2) is 37.2 Å². The lowest BCUT2D eigenvalue weighted by Gasteiger charge is -2.08. The highest BCUT2D eigenvalue weighted by Gasteiger charge is 2.10. The highest BCUT2D eigenvalue weighted by Crippen LogP contribution is 2.23. The second-order valence-corrected chi connectivity index (χ2v) is 8.75. The van der Waals surface area contributed by atoms with Crippen molar-refractivity contribution >= 4 is 11.9 Å². The zero-order valence-electron chi connectivity index (χ0n) is 22.5. The van der Waals surface area contributed by atoms with Gasteiger partial charge in [0.1, 0.15) is 11.5 Å². The number of rotatable bonds is 5. The van der Waals surface area contributed by atoms with E-state index in [1.54, 1.807) is 52.2 Å². The molecule has 9 nitrogen and oxygen atoms in total. The van der Waals surface area contributed by atoms with E-state index >= 15 is 0 Å². The summed E-state index contributed by atoms with van der Waals surface area (Å²) in [6, 6.07) is 17.5. The first kappa shape index (κ1) is 30.5. The number of carbonyl (C=O) groups excluding carboxylic acids is 1. The number of phenolic OH excluding ortho intramolecular Hbond substituents is 2. The van der Waals surface area contributed by atoms with Crippen molar-refractivity contribution in [1.29, 1.82) is 0 Å². The highest BCUT2D eigenvalue weighted by molar-refractivity contribution is 5.94. The molecule has 204 valence electrons. The molecule has 0 fully saturated rings. The fourth-order valence-corrected chi connectivity index (χ4v) is 3.46. The van der Waals surface area contributed by atoms with E-state index < -0.39 is 5.97 Å². The average molecular weight is 531 g/mol. The molecular weight excluding hydrogens is 496 g/mol. The molecule has 0 saturated carbocycles. The van der Waals surface area contributed by atoms with Crippen LogP contribution in [0.1, 0.15) is 54.4 Å². The standard InChI is InChI=1S/C15H16N2O2.C9H10O3.C6H8N2/c1-10-7-12(8-11(2)14(10)18)15(19)17-9-13-5-3-4-6-16-13;1-5-3-7(9(11)12)4-6(2)8(5)10;7-5-6-3-1-2-4-8-6/h3-8,18H,9H2,1-2H3,(H,17,19);3-4,10H,1-2H3,(H,11,12);1-4H,5,7H2. The summed E-state index contributed by atoms with van der Waals surface area (Å²) in [5.41, 5.74) is 10.4. The highest BCUT2D eigenvalue weighted by atomic mass is 16.4. The van der Waals surface area contributed by atoms with Gasteiger partial charge in [0.2, 0.25) is 0 Å². The summed E-state index contributed by atoms with van der Waals surface area (Å²) in [7, 11) is 0. The van der Waals surface area contributed by atoms with Crippen molar-refractivity contribution in [2.24, 2.45) is 5.73 Å². The Hall–Kier alpha value is -4.76. The van der Waals surface area contributed by atoms with E-state index in [9.17, 15) is 19.8 Å². The van der Waals surface area contributed by atoms with Crippen LogP contribution < -0.4 is 11.1 Å². The van der Waals surface area contributed by atoms with E-state index in [4.69, 9.17) is 10.8 Å². The van der Waals surface area contributed by atoms with Crippen LogP contribution in [0.25, 0.3) is 0 Å². The number of carboxylic acid groups (broad SMARTS) is 1. The topological polar surface area (TPSA) is 159 Å². The lowest BCUT2D eigenvalue weighted by Crippen LogP contribution is -2.23. The minimum atomic E-state index is -0.971. The third-order valence-corrected chi connectivity index (χ3v) is 5.58. The van der Waals surface area contributed by atoms with Crippen molar-refractivity contribution < 1.29 is 24.9 Å². The smallest absolute Gasteiger partial charge is 0.335 e. The van der Waals surface area contributed by atoms with E-state index in [2.05, 4.69) is 15.3 Å². The molecule has 0 bridgehead atoms. The summed E-state index contributed by atoms with van der Waals surface area (Å²) in [5, 5.41) is 30.4. The number of hydrogen-bond acceptors (Lipinski definition) is 7. The van der Waals surface area contributed by atoms with Crippen LogP contribution in [-0.2, 0) is 13.1 Å². The first-order chi connectivity index (χ1) is 18.5. The van der Waals surface area contributed by atoms with E-state index in [0.29, 0.717) is 40.9 Å². The van der Waals surface area contributed by atoms with Gasteiger partial charge < -0.3 is 26.4 Å². The minimum Gasteiger partial charge on any atom is -0.507 e. The Kier molecular flexibility index (Phi) is 11.6. The molecule has 0 aliphatic heterocycles. The van der Waals surface area contributed by atoms with Crippen molar-refractivity contribution in [3.63, 3.8) is 0 Å². The number of pyridine rings is 2. The van der Waals surface area contributed by atoms with Gasteiger partial charge in [-0.3, -0.25) is 14.8 Å². The molecule has 4 aromatic rings. The number of aromatic nitrogens is 2. The maximum atomic E-state index is 12.0. The molecular formula is C30H34N4O5. The molecule has 39 heavy (non-hydrogen) atoms. The molecule has 0 spiro atoms. The minimum absolute atomic E-state index is 0.167. The lowest BCUT2D eigenvalue weighted by atomic mass is 10.1. The number of nitrogens with one attached hydrogen (secondary N) is 1. The van der Waals surface area contributed by atoms with Crippen molar-refractivity contribution in [3.05, 3.63) is 118 Å². The first-order valence-electron chi connectivity index (χ1n) is 12.1. The van der Waals surface area contributed by atoms with Crippen LogP contribution in [0.15, 0.2) is 73.1 Å². The van der Waals surface area contributed by atoms with Crippen LogP contribution in [0, 0.1) is 27.7 Å². The third kappa shape index (κ3) is 9.56. The number of nitrogens with zero attached hydrogens (tertiary/aromatic N) is 2. The second kappa shape index (κ2) is 14.8. The molecule has 2 aromatic heterocycles. The summed E-state index contributed by atoms with van der Waals surface area (Å²) in [4.78, 5) is 30.7. The maximum absolute atomic E-state index is 12.0. The van der Waals surface area contributed by atoms with Gasteiger partial charge >= 0.3 is 5.97 Å². The van der Waals surface area contributed by atoms with Crippen LogP contribution in [0.4, 0.5) is 0 Å². The predicted octanol–water partition coefficient (Wildman–Crippen LogP) is 4.58. The number of carbonyl (C=O) groups is 2. The van der Waals surface area contributed by atoms with E-state index in [1.165, 1.54) is 12.1 Å². The maximum Gasteiger partial charge on any atom is 0.335 e. The molecule has 0 aliphatic rings. The summed E-state index contributed by atoms with van der Waals surface area (Å²) < 4.78 is 0. The summed E-state index contributed by atoms with van der Waals surface area (Å²) in [6.07, 6.45) is 3.43. The molecule has 0 radical (unpaired) electrons. The molecule has 0 aliphatic carbocycles. The van der Waals surface area contributed by atoms with Gasteiger partial charge in [-0.15, -0.1) is 0 Å². The predicted molar refractivity (Wildman–Crippen MR) is 150 cm³/mol. The van der Waals surface area contributed by atoms with Crippen molar-refractivity contribution in [1.82, 2.24) is 15.3 Å². The number of benzene rings is 2.